The molecule has 2 aliphatic heterocycles. The lowest BCUT2D eigenvalue weighted by Crippen LogP contribution is -2.66. The number of halogens is 1. The third-order valence-electron chi connectivity index (χ3n) is 6.43. The molecule has 4 rings (SSSR count). The number of hydrogen-bond acceptors (Lipinski definition) is 3. The van der Waals surface area contributed by atoms with Gasteiger partial charge in [-0.3, -0.25) is 9.59 Å². The minimum Gasteiger partial charge on any atom is -0.336 e. The Morgan fingerprint density at radius 3 is 2.52 bits per heavy atom. The Morgan fingerprint density at radius 2 is 1.89 bits per heavy atom. The zero-order valence-corrected chi connectivity index (χ0v) is 15.8. The van der Waals surface area contributed by atoms with Crippen LogP contribution in [0.4, 0.5) is 4.39 Å². The lowest BCUT2D eigenvalue weighted by Gasteiger charge is -2.47. The SMILES string of the molecule is O=C1CN(C(=O)C2(Cc3ccccc3F)CNC2)CCN1C1CCCCC1. The van der Waals surface area contributed by atoms with Crippen molar-refractivity contribution in [1.29, 1.82) is 0 Å². The van der Waals surface area contributed by atoms with E-state index in [2.05, 4.69) is 5.32 Å². The van der Waals surface area contributed by atoms with Crippen molar-refractivity contribution in [2.45, 2.75) is 44.6 Å². The van der Waals surface area contributed by atoms with Crippen molar-refractivity contribution in [2.24, 2.45) is 5.41 Å². The predicted molar refractivity (Wildman–Crippen MR) is 101 cm³/mol. The molecule has 0 bridgehead atoms. The van der Waals surface area contributed by atoms with Gasteiger partial charge in [0.2, 0.25) is 11.8 Å². The molecule has 1 aromatic rings. The van der Waals surface area contributed by atoms with E-state index in [-0.39, 0.29) is 24.2 Å². The van der Waals surface area contributed by atoms with Crippen LogP contribution in [0.3, 0.4) is 0 Å². The summed E-state index contributed by atoms with van der Waals surface area (Å²) in [5, 5.41) is 3.17. The first-order valence-electron chi connectivity index (χ1n) is 10.1. The van der Waals surface area contributed by atoms with E-state index in [4.69, 9.17) is 0 Å². The van der Waals surface area contributed by atoms with Crippen LogP contribution < -0.4 is 5.32 Å². The van der Waals surface area contributed by atoms with Gasteiger partial charge in [-0.15, -0.1) is 0 Å². The third kappa shape index (κ3) is 3.59. The highest BCUT2D eigenvalue weighted by atomic mass is 19.1. The molecule has 146 valence electrons. The normalized spacial score (nSPS) is 23.2. The van der Waals surface area contributed by atoms with Crippen LogP contribution >= 0.6 is 0 Å². The van der Waals surface area contributed by atoms with Crippen molar-refractivity contribution in [3.63, 3.8) is 0 Å². The van der Waals surface area contributed by atoms with Gasteiger partial charge in [0.15, 0.2) is 0 Å². The second-order valence-corrected chi connectivity index (χ2v) is 8.26. The molecule has 0 atom stereocenters. The van der Waals surface area contributed by atoms with Crippen LogP contribution in [0.5, 0.6) is 0 Å². The molecule has 0 radical (unpaired) electrons. The molecule has 1 aromatic carbocycles. The Labute approximate surface area is 159 Å². The van der Waals surface area contributed by atoms with Gasteiger partial charge in [-0.05, 0) is 30.9 Å². The summed E-state index contributed by atoms with van der Waals surface area (Å²) in [5.41, 5.74) is -0.0605. The molecule has 3 fully saturated rings. The predicted octanol–water partition coefficient (Wildman–Crippen LogP) is 1.96. The number of benzene rings is 1. The van der Waals surface area contributed by atoms with E-state index in [9.17, 15) is 14.0 Å². The Hall–Kier alpha value is -1.95. The summed E-state index contributed by atoms with van der Waals surface area (Å²) >= 11 is 0. The van der Waals surface area contributed by atoms with E-state index in [1.54, 1.807) is 23.1 Å². The average molecular weight is 373 g/mol. The summed E-state index contributed by atoms with van der Waals surface area (Å²) in [4.78, 5) is 29.6. The average Bonchev–Trinajstić information content (AvgIpc) is 2.66. The maximum Gasteiger partial charge on any atom is 0.242 e. The molecule has 0 aromatic heterocycles. The van der Waals surface area contributed by atoms with Gasteiger partial charge in [0.1, 0.15) is 5.82 Å². The van der Waals surface area contributed by atoms with Gasteiger partial charge in [0.05, 0.1) is 12.0 Å². The van der Waals surface area contributed by atoms with E-state index in [0.717, 1.165) is 12.8 Å². The van der Waals surface area contributed by atoms with Crippen LogP contribution in [-0.2, 0) is 16.0 Å². The van der Waals surface area contributed by atoms with Crippen LogP contribution in [0, 0.1) is 11.2 Å². The van der Waals surface area contributed by atoms with E-state index < -0.39 is 5.41 Å². The minimum atomic E-state index is -0.629. The fourth-order valence-corrected chi connectivity index (χ4v) is 4.76. The lowest BCUT2D eigenvalue weighted by molar-refractivity contribution is -0.155. The van der Waals surface area contributed by atoms with E-state index in [0.29, 0.717) is 44.2 Å². The molecule has 1 aliphatic carbocycles. The molecule has 27 heavy (non-hydrogen) atoms. The maximum absolute atomic E-state index is 14.1. The molecule has 1 N–H and O–H groups in total. The van der Waals surface area contributed by atoms with Crippen LogP contribution in [0.2, 0.25) is 0 Å². The van der Waals surface area contributed by atoms with Gasteiger partial charge < -0.3 is 15.1 Å². The number of nitrogens with zero attached hydrogens (tertiary/aromatic N) is 2. The van der Waals surface area contributed by atoms with Gasteiger partial charge in [-0.2, -0.15) is 0 Å². The zero-order valence-electron chi connectivity index (χ0n) is 15.8. The molecular weight excluding hydrogens is 345 g/mol. The monoisotopic (exact) mass is 373 g/mol. The van der Waals surface area contributed by atoms with Gasteiger partial charge in [-0.1, -0.05) is 37.5 Å². The Balaban J connectivity index is 1.43. The fraction of sp³-hybridized carbons (Fsp3) is 0.619. The highest BCUT2D eigenvalue weighted by Gasteiger charge is 2.48. The molecule has 3 aliphatic rings. The van der Waals surface area contributed by atoms with E-state index in [1.807, 2.05) is 4.90 Å². The van der Waals surface area contributed by atoms with Crippen LogP contribution in [0.15, 0.2) is 24.3 Å². The number of piperazine rings is 1. The minimum absolute atomic E-state index is 0.0128. The summed E-state index contributed by atoms with van der Waals surface area (Å²) in [5.74, 6) is -0.217. The Kier molecular flexibility index (Phi) is 5.17. The van der Waals surface area contributed by atoms with Crippen molar-refractivity contribution in [2.75, 3.05) is 32.7 Å². The lowest BCUT2D eigenvalue weighted by atomic mass is 9.74. The van der Waals surface area contributed by atoms with E-state index in [1.165, 1.54) is 25.3 Å². The summed E-state index contributed by atoms with van der Waals surface area (Å²) < 4.78 is 14.1. The van der Waals surface area contributed by atoms with Crippen LogP contribution in [0.1, 0.15) is 37.7 Å². The number of rotatable bonds is 4. The number of amides is 2. The van der Waals surface area contributed by atoms with Gasteiger partial charge >= 0.3 is 0 Å². The Morgan fingerprint density at radius 1 is 1.15 bits per heavy atom. The van der Waals surface area contributed by atoms with E-state index >= 15 is 0 Å². The Bertz CT molecular complexity index is 713. The molecule has 6 heteroatoms. The maximum atomic E-state index is 14.1. The van der Waals surface area contributed by atoms with Crippen molar-refractivity contribution >= 4 is 11.8 Å². The number of carbonyl (C=O) groups excluding carboxylic acids is 2. The topological polar surface area (TPSA) is 52.7 Å². The van der Waals surface area contributed by atoms with Gasteiger partial charge in [-0.25, -0.2) is 4.39 Å². The zero-order chi connectivity index (χ0) is 18.9. The highest BCUT2D eigenvalue weighted by molar-refractivity contribution is 5.90. The molecular formula is C21H28FN3O2. The van der Waals surface area contributed by atoms with Crippen LogP contribution in [-0.4, -0.2) is 60.4 Å². The largest absolute Gasteiger partial charge is 0.336 e. The molecule has 0 unspecified atom stereocenters. The summed E-state index contributed by atoms with van der Waals surface area (Å²) in [6, 6.07) is 6.99. The van der Waals surface area contributed by atoms with Crippen molar-refractivity contribution in [3.05, 3.63) is 35.6 Å². The fourth-order valence-electron chi connectivity index (χ4n) is 4.76. The molecule has 2 saturated heterocycles. The first kappa shape index (κ1) is 18.4. The first-order valence-corrected chi connectivity index (χ1v) is 10.1. The number of hydrogen-bond donors (Lipinski definition) is 1. The van der Waals surface area contributed by atoms with Crippen LogP contribution in [0.25, 0.3) is 0 Å². The summed E-state index contributed by atoms with van der Waals surface area (Å²) in [6.07, 6.45) is 6.18. The second kappa shape index (κ2) is 7.58. The molecule has 2 heterocycles. The van der Waals surface area contributed by atoms with Crippen molar-refractivity contribution < 1.29 is 14.0 Å². The quantitative estimate of drug-likeness (QED) is 0.878. The highest BCUT2D eigenvalue weighted by Crippen LogP contribution is 2.32. The van der Waals surface area contributed by atoms with Gasteiger partial charge in [0, 0.05) is 32.2 Å². The molecule has 5 nitrogen and oxygen atoms in total. The molecule has 0 spiro atoms. The van der Waals surface area contributed by atoms with Gasteiger partial charge in [0.25, 0.3) is 0 Å². The number of nitrogens with one attached hydrogen (secondary N) is 1. The third-order valence-corrected chi connectivity index (χ3v) is 6.43. The van der Waals surface area contributed by atoms with Crippen molar-refractivity contribution in [1.82, 2.24) is 15.1 Å². The molecule has 1 saturated carbocycles. The molecule has 2 amide bonds. The summed E-state index contributed by atoms with van der Waals surface area (Å²) in [7, 11) is 0. The number of carbonyl (C=O) groups is 2. The first-order chi connectivity index (χ1) is 13.1. The van der Waals surface area contributed by atoms with Crippen molar-refractivity contribution in [3.8, 4) is 0 Å². The smallest absolute Gasteiger partial charge is 0.242 e. The summed E-state index contributed by atoms with van der Waals surface area (Å²) in [6.45, 7) is 2.45. The standard InChI is InChI=1S/C21H28FN3O2/c22-18-9-5-4-6-16(18)12-21(14-23-15-21)20(27)24-10-11-25(19(26)13-24)17-7-2-1-3-8-17/h4-6,9,17,23H,1-3,7-8,10-15H2. The second-order valence-electron chi connectivity index (χ2n) is 8.26.